The van der Waals surface area contributed by atoms with Crippen LogP contribution in [0.2, 0.25) is 0 Å². The van der Waals surface area contributed by atoms with Crippen molar-refractivity contribution in [3.05, 3.63) is 23.8 Å². The predicted octanol–water partition coefficient (Wildman–Crippen LogP) is 1.47. The molecule has 1 unspecified atom stereocenters. The molecule has 16 heavy (non-hydrogen) atoms. The number of nitrogens with zero attached hydrogens (tertiary/aromatic N) is 1. The van der Waals surface area contributed by atoms with Crippen LogP contribution in [-0.2, 0) is 4.79 Å². The first kappa shape index (κ1) is 12.4. The van der Waals surface area contributed by atoms with Crippen molar-refractivity contribution >= 4 is 17.3 Å². The fourth-order valence-corrected chi connectivity index (χ4v) is 1.49. The number of amides is 1. The third-order valence-corrected chi connectivity index (χ3v) is 2.56. The van der Waals surface area contributed by atoms with Gasteiger partial charge in [0, 0.05) is 25.5 Å². The molecule has 4 heteroatoms. The molecule has 1 atom stereocenters. The summed E-state index contributed by atoms with van der Waals surface area (Å²) in [6, 6.07) is 5.39. The monoisotopic (exact) mass is 221 g/mol. The van der Waals surface area contributed by atoms with Gasteiger partial charge in [-0.05, 0) is 31.5 Å². The Hall–Kier alpha value is -1.71. The number of rotatable bonds is 3. The zero-order chi connectivity index (χ0) is 12.3. The number of nitrogens with two attached hydrogens (primary N) is 1. The molecule has 0 aliphatic carbocycles. The lowest BCUT2D eigenvalue weighted by molar-refractivity contribution is -0.129. The fourth-order valence-electron chi connectivity index (χ4n) is 1.49. The summed E-state index contributed by atoms with van der Waals surface area (Å²) < 4.78 is 0. The summed E-state index contributed by atoms with van der Waals surface area (Å²) in [7, 11) is 3.49. The van der Waals surface area contributed by atoms with Gasteiger partial charge in [-0.1, -0.05) is 6.07 Å². The Morgan fingerprint density at radius 3 is 2.62 bits per heavy atom. The third kappa shape index (κ3) is 2.66. The molecule has 1 aromatic rings. The highest BCUT2D eigenvalue weighted by atomic mass is 16.2. The number of carbonyl (C=O) groups excluding carboxylic acids is 1. The highest BCUT2D eigenvalue weighted by molar-refractivity contribution is 5.84. The van der Waals surface area contributed by atoms with Crippen LogP contribution in [0.1, 0.15) is 12.5 Å². The van der Waals surface area contributed by atoms with Gasteiger partial charge in [-0.2, -0.15) is 0 Å². The van der Waals surface area contributed by atoms with Gasteiger partial charge in [-0.3, -0.25) is 4.79 Å². The van der Waals surface area contributed by atoms with Crippen molar-refractivity contribution in [1.82, 2.24) is 4.90 Å². The average molecular weight is 221 g/mol. The van der Waals surface area contributed by atoms with E-state index in [0.717, 1.165) is 16.9 Å². The summed E-state index contributed by atoms with van der Waals surface area (Å²) in [6.45, 7) is 3.77. The molecule has 1 amide bonds. The molecule has 0 bridgehead atoms. The largest absolute Gasteiger partial charge is 0.398 e. The highest BCUT2D eigenvalue weighted by Gasteiger charge is 2.15. The van der Waals surface area contributed by atoms with Gasteiger partial charge in [-0.15, -0.1) is 0 Å². The Morgan fingerprint density at radius 2 is 2.06 bits per heavy atom. The maximum Gasteiger partial charge on any atom is 0.244 e. The van der Waals surface area contributed by atoms with Crippen LogP contribution in [-0.4, -0.2) is 30.9 Å². The second kappa shape index (κ2) is 4.88. The van der Waals surface area contributed by atoms with E-state index >= 15 is 0 Å². The normalized spacial score (nSPS) is 12.0. The van der Waals surface area contributed by atoms with Gasteiger partial charge >= 0.3 is 0 Å². The molecule has 0 heterocycles. The maximum atomic E-state index is 11.7. The molecule has 1 rings (SSSR count). The van der Waals surface area contributed by atoms with Crippen molar-refractivity contribution in [2.75, 3.05) is 25.1 Å². The van der Waals surface area contributed by atoms with Gasteiger partial charge in [-0.25, -0.2) is 0 Å². The minimum absolute atomic E-state index is 0.0434. The van der Waals surface area contributed by atoms with E-state index in [-0.39, 0.29) is 11.9 Å². The Bertz CT molecular complexity index is 388. The summed E-state index contributed by atoms with van der Waals surface area (Å²) in [5.74, 6) is 0.0434. The predicted molar refractivity (Wildman–Crippen MR) is 67.4 cm³/mol. The zero-order valence-corrected chi connectivity index (χ0v) is 10.2. The molecular formula is C12H19N3O. The molecule has 88 valence electrons. The van der Waals surface area contributed by atoms with Crippen molar-refractivity contribution in [3.63, 3.8) is 0 Å². The molecule has 0 saturated heterocycles. The Morgan fingerprint density at radius 1 is 1.44 bits per heavy atom. The van der Waals surface area contributed by atoms with Crippen LogP contribution in [0.4, 0.5) is 11.4 Å². The number of anilines is 2. The topological polar surface area (TPSA) is 58.4 Å². The number of likely N-dealkylation sites (N-methyl/N-ethyl adjacent to an activating group) is 1. The Kier molecular flexibility index (Phi) is 3.77. The molecule has 3 N–H and O–H groups in total. The zero-order valence-electron chi connectivity index (χ0n) is 10.2. The van der Waals surface area contributed by atoms with Gasteiger partial charge in [0.1, 0.15) is 6.04 Å². The molecule has 0 fully saturated rings. The van der Waals surface area contributed by atoms with E-state index in [4.69, 9.17) is 5.73 Å². The first-order valence-corrected chi connectivity index (χ1v) is 5.26. The van der Waals surface area contributed by atoms with Crippen molar-refractivity contribution in [2.45, 2.75) is 19.9 Å². The van der Waals surface area contributed by atoms with Gasteiger partial charge in [0.25, 0.3) is 0 Å². The third-order valence-electron chi connectivity index (χ3n) is 2.56. The molecule has 0 aliphatic heterocycles. The number of benzene rings is 1. The van der Waals surface area contributed by atoms with E-state index in [1.54, 1.807) is 19.0 Å². The van der Waals surface area contributed by atoms with Crippen LogP contribution < -0.4 is 11.1 Å². The van der Waals surface area contributed by atoms with E-state index in [1.807, 2.05) is 32.0 Å². The van der Waals surface area contributed by atoms with Crippen LogP contribution in [0.25, 0.3) is 0 Å². The number of nitrogens with one attached hydrogen (secondary N) is 1. The maximum absolute atomic E-state index is 11.7. The van der Waals surface area contributed by atoms with Gasteiger partial charge in [0.2, 0.25) is 5.91 Å². The van der Waals surface area contributed by atoms with E-state index in [1.165, 1.54) is 0 Å². The van der Waals surface area contributed by atoms with E-state index < -0.39 is 0 Å². The summed E-state index contributed by atoms with van der Waals surface area (Å²) in [5, 5.41) is 3.16. The van der Waals surface area contributed by atoms with Crippen molar-refractivity contribution < 1.29 is 4.79 Å². The lowest BCUT2D eigenvalue weighted by Crippen LogP contribution is -2.36. The number of nitrogen functional groups attached to an aromatic ring is 1. The Balaban J connectivity index is 2.81. The van der Waals surface area contributed by atoms with E-state index in [0.29, 0.717) is 0 Å². The molecular weight excluding hydrogens is 202 g/mol. The second-order valence-corrected chi connectivity index (χ2v) is 4.12. The molecule has 0 radical (unpaired) electrons. The summed E-state index contributed by atoms with van der Waals surface area (Å²) in [5.41, 5.74) is 8.41. The van der Waals surface area contributed by atoms with Crippen molar-refractivity contribution in [3.8, 4) is 0 Å². The SMILES string of the molecule is Cc1c(N)cccc1NC(C)C(=O)N(C)C. The minimum atomic E-state index is -0.254. The molecule has 1 aromatic carbocycles. The minimum Gasteiger partial charge on any atom is -0.398 e. The lowest BCUT2D eigenvalue weighted by Gasteiger charge is -2.20. The van der Waals surface area contributed by atoms with Crippen molar-refractivity contribution in [1.29, 1.82) is 0 Å². The molecule has 4 nitrogen and oxygen atoms in total. The smallest absolute Gasteiger partial charge is 0.244 e. The van der Waals surface area contributed by atoms with Gasteiger partial charge in [0.15, 0.2) is 0 Å². The molecule has 0 aliphatic rings. The number of hydrogen-bond donors (Lipinski definition) is 2. The van der Waals surface area contributed by atoms with Gasteiger partial charge < -0.3 is 16.0 Å². The number of hydrogen-bond acceptors (Lipinski definition) is 3. The first-order valence-electron chi connectivity index (χ1n) is 5.26. The van der Waals surface area contributed by atoms with Crippen molar-refractivity contribution in [2.24, 2.45) is 0 Å². The van der Waals surface area contributed by atoms with Gasteiger partial charge in [0.05, 0.1) is 0 Å². The van der Waals surface area contributed by atoms with Crippen LogP contribution in [0.5, 0.6) is 0 Å². The van der Waals surface area contributed by atoms with Crippen LogP contribution in [0, 0.1) is 6.92 Å². The fraction of sp³-hybridized carbons (Fsp3) is 0.417. The van der Waals surface area contributed by atoms with Crippen LogP contribution in [0.3, 0.4) is 0 Å². The summed E-state index contributed by atoms with van der Waals surface area (Å²) in [4.78, 5) is 13.2. The van der Waals surface area contributed by atoms with E-state index in [9.17, 15) is 4.79 Å². The molecule has 0 spiro atoms. The summed E-state index contributed by atoms with van der Waals surface area (Å²) in [6.07, 6.45) is 0. The highest BCUT2D eigenvalue weighted by Crippen LogP contribution is 2.21. The first-order chi connectivity index (χ1) is 7.43. The average Bonchev–Trinajstić information content (AvgIpc) is 2.23. The number of carbonyl (C=O) groups is 1. The quantitative estimate of drug-likeness (QED) is 0.760. The standard InChI is InChI=1S/C12H19N3O/c1-8-10(13)6-5-7-11(8)14-9(2)12(16)15(3)4/h5-7,9,14H,13H2,1-4H3. The molecule has 0 aromatic heterocycles. The van der Waals surface area contributed by atoms with E-state index in [2.05, 4.69) is 5.32 Å². The lowest BCUT2D eigenvalue weighted by atomic mass is 10.1. The van der Waals surface area contributed by atoms with Crippen LogP contribution >= 0.6 is 0 Å². The van der Waals surface area contributed by atoms with Crippen LogP contribution in [0.15, 0.2) is 18.2 Å². The second-order valence-electron chi connectivity index (χ2n) is 4.12. The molecule has 0 saturated carbocycles. The summed E-state index contributed by atoms with van der Waals surface area (Å²) >= 11 is 0. The Labute approximate surface area is 96.4 Å².